The van der Waals surface area contributed by atoms with Crippen molar-refractivity contribution < 1.29 is 9.53 Å². The van der Waals surface area contributed by atoms with Crippen LogP contribution in [0.15, 0.2) is 0 Å². The topological polar surface area (TPSA) is 50.1 Å². The fourth-order valence-corrected chi connectivity index (χ4v) is 2.15. The molecule has 1 fully saturated rings. The molecule has 0 atom stereocenters. The van der Waals surface area contributed by atoms with Gasteiger partial charge in [-0.3, -0.25) is 4.79 Å². The highest BCUT2D eigenvalue weighted by Gasteiger charge is 2.21. The molecular formula is C13H23NO2. The molecule has 1 N–H and O–H groups in total. The van der Waals surface area contributed by atoms with E-state index >= 15 is 0 Å². The molecule has 0 amide bonds. The van der Waals surface area contributed by atoms with Gasteiger partial charge in [0.25, 0.3) is 0 Å². The van der Waals surface area contributed by atoms with Crippen molar-refractivity contribution in [2.45, 2.75) is 57.8 Å². The predicted molar refractivity (Wildman–Crippen MR) is 64.8 cm³/mol. The first-order valence-electron chi connectivity index (χ1n) is 6.50. The summed E-state index contributed by atoms with van der Waals surface area (Å²) < 4.78 is 5.27. The average molecular weight is 225 g/mol. The predicted octanol–water partition coefficient (Wildman–Crippen LogP) is 3.32. The summed E-state index contributed by atoms with van der Waals surface area (Å²) >= 11 is 0. The summed E-state index contributed by atoms with van der Waals surface area (Å²) in [5.41, 5.74) is 0. The van der Waals surface area contributed by atoms with Crippen LogP contribution in [0.1, 0.15) is 57.8 Å². The number of carbonyl (C=O) groups is 1. The van der Waals surface area contributed by atoms with E-state index in [0.29, 0.717) is 6.61 Å². The van der Waals surface area contributed by atoms with Crippen molar-refractivity contribution in [2.75, 3.05) is 6.61 Å². The lowest BCUT2D eigenvalue weighted by Crippen LogP contribution is -2.20. The highest BCUT2D eigenvalue weighted by molar-refractivity contribution is 5.72. The van der Waals surface area contributed by atoms with Crippen LogP contribution in [0.3, 0.4) is 0 Å². The molecule has 0 saturated heterocycles. The van der Waals surface area contributed by atoms with Gasteiger partial charge in [-0.15, -0.1) is 0 Å². The zero-order valence-electron chi connectivity index (χ0n) is 10.0. The Labute approximate surface area is 98.1 Å². The van der Waals surface area contributed by atoms with E-state index in [1.54, 1.807) is 0 Å². The van der Waals surface area contributed by atoms with E-state index < -0.39 is 0 Å². The van der Waals surface area contributed by atoms with Gasteiger partial charge in [0.05, 0.1) is 12.5 Å². The fourth-order valence-electron chi connectivity index (χ4n) is 2.15. The van der Waals surface area contributed by atoms with E-state index in [0.717, 1.165) is 38.5 Å². The Morgan fingerprint density at radius 2 is 1.94 bits per heavy atom. The minimum Gasteiger partial charge on any atom is -0.465 e. The first-order valence-corrected chi connectivity index (χ1v) is 6.50. The molecule has 0 radical (unpaired) electrons. The molecule has 1 rings (SSSR count). The molecule has 92 valence electrons. The molecule has 0 bridgehead atoms. The maximum absolute atomic E-state index is 11.6. The molecule has 0 aromatic rings. The van der Waals surface area contributed by atoms with Gasteiger partial charge in [-0.25, -0.2) is 0 Å². The summed E-state index contributed by atoms with van der Waals surface area (Å²) in [5, 5.41) is 6.87. The molecule has 0 aromatic heterocycles. The molecule has 1 saturated carbocycles. The first-order chi connectivity index (χ1) is 7.84. The van der Waals surface area contributed by atoms with E-state index in [1.807, 2.05) is 0 Å². The molecular weight excluding hydrogens is 202 g/mol. The maximum atomic E-state index is 11.6. The number of hydrogen-bond acceptors (Lipinski definition) is 3. The Hall–Kier alpha value is -0.860. The molecule has 0 heterocycles. The second kappa shape index (κ2) is 8.31. The SMILES string of the molecule is N=CCCCCCOC(=O)C1CCCCC1. The van der Waals surface area contributed by atoms with Crippen LogP contribution in [0, 0.1) is 11.3 Å². The van der Waals surface area contributed by atoms with Crippen molar-refractivity contribution in [2.24, 2.45) is 5.92 Å². The molecule has 16 heavy (non-hydrogen) atoms. The van der Waals surface area contributed by atoms with Gasteiger partial charge in [0, 0.05) is 0 Å². The van der Waals surface area contributed by atoms with Gasteiger partial charge >= 0.3 is 5.97 Å². The lowest BCUT2D eigenvalue weighted by molar-refractivity contribution is -0.149. The third kappa shape index (κ3) is 5.29. The zero-order valence-corrected chi connectivity index (χ0v) is 10.0. The van der Waals surface area contributed by atoms with Crippen LogP contribution in [0.4, 0.5) is 0 Å². The number of rotatable bonds is 7. The van der Waals surface area contributed by atoms with E-state index in [-0.39, 0.29) is 11.9 Å². The number of esters is 1. The number of ether oxygens (including phenoxy) is 1. The van der Waals surface area contributed by atoms with Crippen LogP contribution in [-0.2, 0) is 9.53 Å². The zero-order chi connectivity index (χ0) is 11.6. The molecule has 3 heteroatoms. The Morgan fingerprint density at radius 1 is 1.19 bits per heavy atom. The number of unbranched alkanes of at least 4 members (excludes halogenated alkanes) is 3. The summed E-state index contributed by atoms with van der Waals surface area (Å²) in [5.74, 6) is 0.196. The minimum atomic E-state index is 0.0201. The van der Waals surface area contributed by atoms with Crippen molar-refractivity contribution in [3.05, 3.63) is 0 Å². The van der Waals surface area contributed by atoms with Gasteiger partial charge in [-0.1, -0.05) is 19.3 Å². The Kier molecular flexibility index (Phi) is 6.86. The minimum absolute atomic E-state index is 0.0201. The van der Waals surface area contributed by atoms with Gasteiger partial charge in [-0.05, 0) is 44.7 Å². The van der Waals surface area contributed by atoms with Gasteiger partial charge in [0.15, 0.2) is 0 Å². The quantitative estimate of drug-likeness (QED) is 0.410. The van der Waals surface area contributed by atoms with Crippen LogP contribution in [-0.4, -0.2) is 18.8 Å². The number of hydrogen-bond donors (Lipinski definition) is 1. The third-order valence-corrected chi connectivity index (χ3v) is 3.18. The smallest absolute Gasteiger partial charge is 0.308 e. The van der Waals surface area contributed by atoms with Gasteiger partial charge in [-0.2, -0.15) is 0 Å². The van der Waals surface area contributed by atoms with E-state index in [9.17, 15) is 4.79 Å². The van der Waals surface area contributed by atoms with Crippen LogP contribution in [0.5, 0.6) is 0 Å². The van der Waals surface area contributed by atoms with Crippen LogP contribution >= 0.6 is 0 Å². The Balaban J connectivity index is 1.99. The average Bonchev–Trinajstić information content (AvgIpc) is 2.34. The van der Waals surface area contributed by atoms with Gasteiger partial charge in [0.1, 0.15) is 0 Å². The van der Waals surface area contributed by atoms with Crippen LogP contribution in [0.25, 0.3) is 0 Å². The Morgan fingerprint density at radius 3 is 2.62 bits per heavy atom. The first kappa shape index (κ1) is 13.2. The van der Waals surface area contributed by atoms with Crippen molar-refractivity contribution in [1.29, 1.82) is 5.41 Å². The van der Waals surface area contributed by atoms with Crippen molar-refractivity contribution in [1.82, 2.24) is 0 Å². The normalized spacial score (nSPS) is 17.0. The third-order valence-electron chi connectivity index (χ3n) is 3.18. The molecule has 0 aromatic carbocycles. The highest BCUT2D eigenvalue weighted by Crippen LogP contribution is 2.24. The monoisotopic (exact) mass is 225 g/mol. The summed E-state index contributed by atoms with van der Waals surface area (Å²) in [4.78, 5) is 11.6. The molecule has 1 aliphatic carbocycles. The van der Waals surface area contributed by atoms with Gasteiger partial charge < -0.3 is 10.1 Å². The van der Waals surface area contributed by atoms with Crippen molar-refractivity contribution >= 4 is 12.2 Å². The van der Waals surface area contributed by atoms with Crippen LogP contribution in [0.2, 0.25) is 0 Å². The standard InChI is InChI=1S/C13H23NO2/c14-10-6-1-2-7-11-16-13(15)12-8-4-3-5-9-12/h10,12,14H,1-9,11H2. The highest BCUT2D eigenvalue weighted by atomic mass is 16.5. The second-order valence-corrected chi connectivity index (χ2v) is 4.56. The van der Waals surface area contributed by atoms with Crippen molar-refractivity contribution in [3.63, 3.8) is 0 Å². The molecule has 1 aliphatic rings. The number of carbonyl (C=O) groups excluding carboxylic acids is 1. The fraction of sp³-hybridized carbons (Fsp3) is 0.846. The van der Waals surface area contributed by atoms with Crippen LogP contribution < -0.4 is 0 Å². The largest absolute Gasteiger partial charge is 0.465 e. The Bertz CT molecular complexity index is 210. The summed E-state index contributed by atoms with van der Waals surface area (Å²) in [7, 11) is 0. The summed E-state index contributed by atoms with van der Waals surface area (Å²) in [6, 6.07) is 0. The lowest BCUT2D eigenvalue weighted by Gasteiger charge is -2.19. The molecule has 0 aliphatic heterocycles. The van der Waals surface area contributed by atoms with Crippen molar-refractivity contribution in [3.8, 4) is 0 Å². The van der Waals surface area contributed by atoms with E-state index in [1.165, 1.54) is 25.5 Å². The molecule has 0 unspecified atom stereocenters. The second-order valence-electron chi connectivity index (χ2n) is 4.56. The molecule has 3 nitrogen and oxygen atoms in total. The lowest BCUT2D eigenvalue weighted by atomic mass is 9.89. The number of nitrogens with one attached hydrogen (secondary N) is 1. The summed E-state index contributed by atoms with van der Waals surface area (Å²) in [6.07, 6.45) is 11.0. The van der Waals surface area contributed by atoms with E-state index in [2.05, 4.69) is 0 Å². The van der Waals surface area contributed by atoms with E-state index in [4.69, 9.17) is 10.1 Å². The maximum Gasteiger partial charge on any atom is 0.308 e. The summed E-state index contributed by atoms with van der Waals surface area (Å²) in [6.45, 7) is 0.563. The molecule has 0 spiro atoms. The van der Waals surface area contributed by atoms with Gasteiger partial charge in [0.2, 0.25) is 0 Å².